The molecule has 0 amide bonds. The number of methoxy groups -OCH3 is 1. The van der Waals surface area contributed by atoms with E-state index in [1.165, 1.54) is 7.11 Å². The first-order valence-corrected chi connectivity index (χ1v) is 4.59. The molecule has 0 aromatic heterocycles. The minimum absolute atomic E-state index is 0.212. The SMILES string of the molecule is [B]Cc1ccc(Cl)cc1CC(=O)OC. The second-order valence-corrected chi connectivity index (χ2v) is 3.31. The van der Waals surface area contributed by atoms with E-state index in [9.17, 15) is 4.79 Å². The van der Waals surface area contributed by atoms with Crippen LogP contribution in [0, 0.1) is 0 Å². The average Bonchev–Trinajstić information content (AvgIpc) is 2.18. The molecule has 0 atom stereocenters. The van der Waals surface area contributed by atoms with Crippen LogP contribution in [0.1, 0.15) is 11.1 Å². The van der Waals surface area contributed by atoms with Crippen LogP contribution >= 0.6 is 11.6 Å². The molecule has 1 aromatic carbocycles. The molecule has 72 valence electrons. The highest BCUT2D eigenvalue weighted by Gasteiger charge is 2.07. The normalized spacial score (nSPS) is 9.86. The van der Waals surface area contributed by atoms with E-state index in [-0.39, 0.29) is 12.4 Å². The van der Waals surface area contributed by atoms with E-state index in [1.807, 2.05) is 6.07 Å². The Morgan fingerprint density at radius 2 is 2.21 bits per heavy atom. The molecule has 0 saturated heterocycles. The maximum absolute atomic E-state index is 11.1. The second-order valence-electron chi connectivity index (χ2n) is 2.87. The third-order valence-electron chi connectivity index (χ3n) is 1.95. The predicted molar refractivity (Wildman–Crippen MR) is 56.6 cm³/mol. The van der Waals surface area contributed by atoms with Crippen LogP contribution in [-0.2, 0) is 22.3 Å². The summed E-state index contributed by atoms with van der Waals surface area (Å²) in [5.41, 5.74) is 1.74. The fourth-order valence-electron chi connectivity index (χ4n) is 1.19. The lowest BCUT2D eigenvalue weighted by Crippen LogP contribution is -2.07. The number of carbonyl (C=O) groups excluding carboxylic acids is 1. The molecule has 0 aliphatic rings. The van der Waals surface area contributed by atoms with Crippen molar-refractivity contribution in [3.8, 4) is 0 Å². The van der Waals surface area contributed by atoms with Gasteiger partial charge in [0.15, 0.2) is 0 Å². The van der Waals surface area contributed by atoms with Crippen LogP contribution in [0.25, 0.3) is 0 Å². The lowest BCUT2D eigenvalue weighted by Gasteiger charge is -2.06. The average molecular weight is 208 g/mol. The highest BCUT2D eigenvalue weighted by Crippen LogP contribution is 2.17. The molecule has 1 rings (SSSR count). The minimum Gasteiger partial charge on any atom is -0.469 e. The molecule has 0 aliphatic heterocycles. The van der Waals surface area contributed by atoms with Gasteiger partial charge in [-0.2, -0.15) is 0 Å². The van der Waals surface area contributed by atoms with Crippen LogP contribution < -0.4 is 0 Å². The number of ether oxygens (including phenoxy) is 1. The van der Waals surface area contributed by atoms with Crippen molar-refractivity contribution in [2.24, 2.45) is 0 Å². The zero-order valence-corrected chi connectivity index (χ0v) is 8.67. The number of benzene rings is 1. The van der Waals surface area contributed by atoms with Gasteiger partial charge in [-0.3, -0.25) is 4.79 Å². The standard InChI is InChI=1S/C10H10BClO2/c1-14-10(13)5-8-4-9(12)3-2-7(8)6-11/h2-4H,5-6H2,1H3. The highest BCUT2D eigenvalue weighted by atomic mass is 35.5. The molecule has 0 aliphatic carbocycles. The summed E-state index contributed by atoms with van der Waals surface area (Å²) in [5, 5.41) is 0.598. The summed E-state index contributed by atoms with van der Waals surface area (Å²) in [6.45, 7) is 0. The van der Waals surface area contributed by atoms with Gasteiger partial charge in [0.05, 0.1) is 21.4 Å². The molecule has 14 heavy (non-hydrogen) atoms. The van der Waals surface area contributed by atoms with Crippen LogP contribution in [0.4, 0.5) is 0 Å². The van der Waals surface area contributed by atoms with E-state index in [0.29, 0.717) is 11.3 Å². The molecule has 0 N–H and O–H groups in total. The molecular formula is C10H10BClO2. The van der Waals surface area contributed by atoms with Crippen molar-refractivity contribution in [2.45, 2.75) is 12.7 Å². The molecule has 0 unspecified atom stereocenters. The van der Waals surface area contributed by atoms with Crippen LogP contribution in [0.3, 0.4) is 0 Å². The van der Waals surface area contributed by atoms with E-state index in [4.69, 9.17) is 19.4 Å². The molecule has 1 aromatic rings. The van der Waals surface area contributed by atoms with Gasteiger partial charge in [-0.25, -0.2) is 0 Å². The summed E-state index contributed by atoms with van der Waals surface area (Å²) in [5.74, 6) is -0.290. The van der Waals surface area contributed by atoms with E-state index in [0.717, 1.165) is 11.1 Å². The fraction of sp³-hybridized carbons (Fsp3) is 0.300. The fourth-order valence-corrected chi connectivity index (χ4v) is 1.38. The smallest absolute Gasteiger partial charge is 0.309 e. The van der Waals surface area contributed by atoms with Gasteiger partial charge >= 0.3 is 5.97 Å². The topological polar surface area (TPSA) is 26.3 Å². The molecule has 0 saturated carbocycles. The van der Waals surface area contributed by atoms with Crippen LogP contribution in [0.15, 0.2) is 18.2 Å². The van der Waals surface area contributed by atoms with Gasteiger partial charge in [0.1, 0.15) is 0 Å². The van der Waals surface area contributed by atoms with Crippen molar-refractivity contribution in [1.29, 1.82) is 0 Å². The first-order chi connectivity index (χ1) is 6.67. The number of rotatable bonds is 3. The van der Waals surface area contributed by atoms with Gasteiger partial charge in [0.25, 0.3) is 0 Å². The largest absolute Gasteiger partial charge is 0.469 e. The summed E-state index contributed by atoms with van der Waals surface area (Å²) in [6.07, 6.45) is 0.604. The molecule has 0 bridgehead atoms. The van der Waals surface area contributed by atoms with E-state index in [2.05, 4.69) is 4.74 Å². The molecule has 2 nitrogen and oxygen atoms in total. The summed E-state index contributed by atoms with van der Waals surface area (Å²) in [6, 6.07) is 5.31. The van der Waals surface area contributed by atoms with Gasteiger partial charge < -0.3 is 4.74 Å². The van der Waals surface area contributed by atoms with Gasteiger partial charge in [-0.05, 0) is 17.7 Å². The number of halogens is 1. The van der Waals surface area contributed by atoms with Gasteiger partial charge in [-0.15, -0.1) is 0 Å². The zero-order valence-electron chi connectivity index (χ0n) is 7.92. The van der Waals surface area contributed by atoms with Crippen molar-refractivity contribution in [3.05, 3.63) is 34.3 Å². The van der Waals surface area contributed by atoms with E-state index >= 15 is 0 Å². The van der Waals surface area contributed by atoms with Crippen LogP contribution in [-0.4, -0.2) is 20.9 Å². The van der Waals surface area contributed by atoms with Crippen molar-refractivity contribution in [1.82, 2.24) is 0 Å². The maximum atomic E-state index is 11.1. The maximum Gasteiger partial charge on any atom is 0.309 e. The molecule has 0 spiro atoms. The summed E-state index contributed by atoms with van der Waals surface area (Å²) >= 11 is 5.81. The van der Waals surface area contributed by atoms with Crippen LogP contribution in [0.5, 0.6) is 0 Å². The molecular weight excluding hydrogens is 198 g/mol. The Labute approximate surface area is 89.6 Å². The van der Waals surface area contributed by atoms with Crippen LogP contribution in [0.2, 0.25) is 5.02 Å². The van der Waals surface area contributed by atoms with Crippen molar-refractivity contribution in [3.63, 3.8) is 0 Å². The monoisotopic (exact) mass is 208 g/mol. The molecule has 0 fully saturated rings. The Balaban J connectivity index is 2.93. The van der Waals surface area contributed by atoms with Crippen molar-refractivity contribution < 1.29 is 9.53 Å². The van der Waals surface area contributed by atoms with Crippen molar-refractivity contribution in [2.75, 3.05) is 7.11 Å². The lowest BCUT2D eigenvalue weighted by atomic mass is 9.92. The Morgan fingerprint density at radius 3 is 2.79 bits per heavy atom. The Bertz CT molecular complexity index is 339. The predicted octanol–water partition coefficient (Wildman–Crippen LogP) is 1.72. The Hall–Kier alpha value is -0.955. The summed E-state index contributed by atoms with van der Waals surface area (Å²) in [7, 11) is 6.88. The number of hydrogen-bond donors (Lipinski definition) is 0. The van der Waals surface area contributed by atoms with Gasteiger partial charge in [-0.1, -0.05) is 29.6 Å². The molecule has 2 radical (unpaired) electrons. The second kappa shape index (κ2) is 5.06. The van der Waals surface area contributed by atoms with E-state index < -0.39 is 0 Å². The Kier molecular flexibility index (Phi) is 4.02. The summed E-state index contributed by atoms with van der Waals surface area (Å²) in [4.78, 5) is 11.1. The first-order valence-electron chi connectivity index (χ1n) is 4.21. The number of carbonyl (C=O) groups is 1. The molecule has 4 heteroatoms. The number of esters is 1. The third kappa shape index (κ3) is 2.77. The molecule has 0 heterocycles. The van der Waals surface area contributed by atoms with Crippen molar-refractivity contribution >= 4 is 25.4 Å². The zero-order chi connectivity index (χ0) is 10.6. The Morgan fingerprint density at radius 1 is 1.50 bits per heavy atom. The summed E-state index contributed by atoms with van der Waals surface area (Å²) < 4.78 is 4.57. The highest BCUT2D eigenvalue weighted by molar-refractivity contribution is 6.30. The van der Waals surface area contributed by atoms with E-state index in [1.54, 1.807) is 12.1 Å². The minimum atomic E-state index is -0.290. The van der Waals surface area contributed by atoms with Gasteiger partial charge in [0, 0.05) is 5.02 Å². The van der Waals surface area contributed by atoms with Gasteiger partial charge in [0.2, 0.25) is 0 Å². The number of hydrogen-bond acceptors (Lipinski definition) is 2. The first kappa shape index (κ1) is 11.1. The quantitative estimate of drug-likeness (QED) is 0.558. The third-order valence-corrected chi connectivity index (χ3v) is 2.19. The lowest BCUT2D eigenvalue weighted by molar-refractivity contribution is -0.139.